The summed E-state index contributed by atoms with van der Waals surface area (Å²) in [5, 5.41) is 0. The monoisotopic (exact) mass is 176 g/mol. The molecule has 0 aromatic carbocycles. The highest BCUT2D eigenvalue weighted by Crippen LogP contribution is 2.10. The zero-order valence-corrected chi connectivity index (χ0v) is 7.10. The Morgan fingerprint density at radius 1 is 1.54 bits per heavy atom. The molecule has 13 heavy (non-hydrogen) atoms. The van der Waals surface area contributed by atoms with Gasteiger partial charge in [-0.05, 0) is 0 Å². The molecule has 0 N–H and O–H groups in total. The molecular weight excluding hydrogens is 168 g/mol. The van der Waals surface area contributed by atoms with Crippen LogP contribution in [0.4, 0.5) is 0 Å². The quantitative estimate of drug-likeness (QED) is 0.652. The molecule has 0 aliphatic heterocycles. The summed E-state index contributed by atoms with van der Waals surface area (Å²) in [5.74, 6) is 0.362. The third-order valence-corrected chi connectivity index (χ3v) is 1.72. The molecule has 0 atom stereocenters. The maximum Gasteiger partial charge on any atom is 0.231 e. The maximum atomic E-state index is 11.4. The number of hydrogen-bond donors (Lipinski definition) is 0. The summed E-state index contributed by atoms with van der Waals surface area (Å²) in [4.78, 5) is 15.3. The largest absolute Gasteiger partial charge is 0.444 e. The Bertz CT molecular complexity index is 457. The Labute approximate surface area is 74.5 Å². The zero-order chi connectivity index (χ0) is 9.26. The van der Waals surface area contributed by atoms with E-state index in [0.29, 0.717) is 11.5 Å². The smallest absolute Gasteiger partial charge is 0.231 e. The fourth-order valence-electron chi connectivity index (χ4n) is 1.10. The van der Waals surface area contributed by atoms with Gasteiger partial charge in [0, 0.05) is 25.5 Å². The van der Waals surface area contributed by atoms with Gasteiger partial charge >= 0.3 is 0 Å². The lowest BCUT2D eigenvalue weighted by molar-refractivity contribution is 0.573. The minimum atomic E-state index is -0.0828. The van der Waals surface area contributed by atoms with Gasteiger partial charge < -0.3 is 8.98 Å². The number of aryl methyl sites for hydroxylation is 1. The van der Waals surface area contributed by atoms with E-state index in [1.54, 1.807) is 17.0 Å². The molecule has 0 amide bonds. The van der Waals surface area contributed by atoms with Crippen molar-refractivity contribution in [1.29, 1.82) is 0 Å². The normalized spacial score (nSPS) is 10.2. The van der Waals surface area contributed by atoms with Crippen molar-refractivity contribution in [2.75, 3.05) is 0 Å². The molecule has 4 heteroatoms. The summed E-state index contributed by atoms with van der Waals surface area (Å²) in [6.07, 6.45) is 6.34. The minimum absolute atomic E-state index is 0.0828. The molecule has 0 unspecified atom stereocenters. The van der Waals surface area contributed by atoms with Crippen LogP contribution < -0.4 is 5.43 Å². The van der Waals surface area contributed by atoms with E-state index in [0.717, 1.165) is 0 Å². The summed E-state index contributed by atoms with van der Waals surface area (Å²) in [6.45, 7) is 0. The molecular formula is C9H8N2O2. The fourth-order valence-corrected chi connectivity index (χ4v) is 1.10. The highest BCUT2D eigenvalue weighted by molar-refractivity contribution is 5.50. The zero-order valence-electron chi connectivity index (χ0n) is 7.10. The number of rotatable bonds is 1. The van der Waals surface area contributed by atoms with Gasteiger partial charge in [-0.25, -0.2) is 4.98 Å². The maximum absolute atomic E-state index is 11.4. The van der Waals surface area contributed by atoms with Crippen molar-refractivity contribution >= 4 is 0 Å². The van der Waals surface area contributed by atoms with Crippen LogP contribution in [0.1, 0.15) is 0 Å². The number of hydrogen-bond acceptors (Lipinski definition) is 3. The van der Waals surface area contributed by atoms with Gasteiger partial charge in [0.15, 0.2) is 5.43 Å². The summed E-state index contributed by atoms with van der Waals surface area (Å²) in [5.41, 5.74) is 0.399. The van der Waals surface area contributed by atoms with Gasteiger partial charge in [0.1, 0.15) is 11.8 Å². The highest BCUT2D eigenvalue weighted by atomic mass is 16.3. The van der Waals surface area contributed by atoms with Gasteiger partial charge in [-0.15, -0.1) is 0 Å². The summed E-state index contributed by atoms with van der Waals surface area (Å²) in [7, 11) is 1.84. The van der Waals surface area contributed by atoms with Crippen LogP contribution in [0, 0.1) is 0 Å². The molecule has 0 radical (unpaired) electrons. The number of pyridine rings is 1. The van der Waals surface area contributed by atoms with Gasteiger partial charge in [-0.3, -0.25) is 4.79 Å². The first-order valence-corrected chi connectivity index (χ1v) is 3.83. The first-order chi connectivity index (χ1) is 6.27. The van der Waals surface area contributed by atoms with Crippen molar-refractivity contribution in [2.45, 2.75) is 0 Å². The van der Waals surface area contributed by atoms with Crippen LogP contribution in [0.15, 0.2) is 40.1 Å². The van der Waals surface area contributed by atoms with Crippen LogP contribution in [-0.4, -0.2) is 9.55 Å². The average Bonchev–Trinajstić information content (AvgIpc) is 2.61. The number of aromatic nitrogens is 2. The predicted molar refractivity (Wildman–Crippen MR) is 47.2 cm³/mol. The second kappa shape index (κ2) is 2.90. The first-order valence-electron chi connectivity index (χ1n) is 3.83. The van der Waals surface area contributed by atoms with E-state index in [-0.39, 0.29) is 5.43 Å². The molecule has 4 nitrogen and oxygen atoms in total. The van der Waals surface area contributed by atoms with Crippen molar-refractivity contribution in [2.24, 2.45) is 7.05 Å². The van der Waals surface area contributed by atoms with Gasteiger partial charge in [-0.2, -0.15) is 0 Å². The summed E-state index contributed by atoms with van der Waals surface area (Å²) < 4.78 is 6.81. The Morgan fingerprint density at radius 2 is 2.38 bits per heavy atom. The Balaban J connectivity index is 2.64. The standard InChI is InChI=1S/C9H8N2O2/c1-11-4-2-8(12)7(6-11)9-10-3-5-13-9/h2-6H,1H3. The van der Waals surface area contributed by atoms with Gasteiger partial charge in [0.25, 0.3) is 0 Å². The van der Waals surface area contributed by atoms with E-state index in [1.165, 1.54) is 18.5 Å². The van der Waals surface area contributed by atoms with Crippen molar-refractivity contribution < 1.29 is 4.42 Å². The summed E-state index contributed by atoms with van der Waals surface area (Å²) in [6, 6.07) is 1.49. The molecule has 0 saturated heterocycles. The Hall–Kier alpha value is -1.84. The molecule has 0 aliphatic carbocycles. The lowest BCUT2D eigenvalue weighted by Crippen LogP contribution is -2.06. The first kappa shape index (κ1) is 7.79. The van der Waals surface area contributed by atoms with E-state index >= 15 is 0 Å². The molecule has 0 fully saturated rings. The average molecular weight is 176 g/mol. The van der Waals surface area contributed by atoms with E-state index in [4.69, 9.17) is 4.42 Å². The lowest BCUT2D eigenvalue weighted by atomic mass is 10.3. The molecule has 2 rings (SSSR count). The van der Waals surface area contributed by atoms with Crippen LogP contribution in [0.25, 0.3) is 11.5 Å². The third kappa shape index (κ3) is 1.38. The molecule has 0 spiro atoms. The second-order valence-corrected chi connectivity index (χ2v) is 2.73. The fraction of sp³-hybridized carbons (Fsp3) is 0.111. The van der Waals surface area contributed by atoms with Crippen molar-refractivity contribution in [1.82, 2.24) is 9.55 Å². The molecule has 2 aromatic heterocycles. The van der Waals surface area contributed by atoms with Crippen molar-refractivity contribution in [3.8, 4) is 11.5 Å². The van der Waals surface area contributed by atoms with Crippen molar-refractivity contribution in [3.05, 3.63) is 41.1 Å². The summed E-state index contributed by atoms with van der Waals surface area (Å²) >= 11 is 0. The topological polar surface area (TPSA) is 48.0 Å². The highest BCUT2D eigenvalue weighted by Gasteiger charge is 2.06. The number of nitrogens with zero attached hydrogens (tertiary/aromatic N) is 2. The Kier molecular flexibility index (Phi) is 1.73. The van der Waals surface area contributed by atoms with Crippen LogP contribution in [0.5, 0.6) is 0 Å². The van der Waals surface area contributed by atoms with Crippen LogP contribution in [-0.2, 0) is 7.05 Å². The molecule has 66 valence electrons. The molecule has 2 heterocycles. The van der Waals surface area contributed by atoms with E-state index < -0.39 is 0 Å². The minimum Gasteiger partial charge on any atom is -0.444 e. The SMILES string of the molecule is Cn1ccc(=O)c(-c2ncco2)c1. The van der Waals surface area contributed by atoms with Crippen molar-refractivity contribution in [3.63, 3.8) is 0 Å². The van der Waals surface area contributed by atoms with E-state index in [2.05, 4.69) is 4.98 Å². The molecule has 0 saturated carbocycles. The van der Waals surface area contributed by atoms with Gasteiger partial charge in [0.05, 0.1) is 6.20 Å². The van der Waals surface area contributed by atoms with Crippen LogP contribution in [0.3, 0.4) is 0 Å². The molecule has 0 bridgehead atoms. The third-order valence-electron chi connectivity index (χ3n) is 1.72. The van der Waals surface area contributed by atoms with E-state index in [9.17, 15) is 4.79 Å². The van der Waals surface area contributed by atoms with E-state index in [1.807, 2.05) is 7.05 Å². The molecule has 0 aliphatic rings. The van der Waals surface area contributed by atoms with Crippen LogP contribution in [0.2, 0.25) is 0 Å². The second-order valence-electron chi connectivity index (χ2n) is 2.73. The van der Waals surface area contributed by atoms with Gasteiger partial charge in [0.2, 0.25) is 5.89 Å². The van der Waals surface area contributed by atoms with Crippen LogP contribution >= 0.6 is 0 Å². The van der Waals surface area contributed by atoms with Gasteiger partial charge in [-0.1, -0.05) is 0 Å². The predicted octanol–water partition coefficient (Wildman–Crippen LogP) is 1.04. The molecule has 2 aromatic rings. The Morgan fingerprint density at radius 3 is 3.08 bits per heavy atom. The number of oxazole rings is 1. The lowest BCUT2D eigenvalue weighted by Gasteiger charge is -1.98.